The summed E-state index contributed by atoms with van der Waals surface area (Å²) in [5, 5.41) is 14.0. The molecule has 0 aliphatic carbocycles. The van der Waals surface area contributed by atoms with Crippen molar-refractivity contribution < 1.29 is 14.6 Å². The Hall–Kier alpha value is -1.85. The van der Waals surface area contributed by atoms with Gasteiger partial charge in [0.05, 0.1) is 0 Å². The zero-order valence-corrected chi connectivity index (χ0v) is 11.5. The van der Waals surface area contributed by atoms with Crippen LogP contribution in [0.15, 0.2) is 41.1 Å². The van der Waals surface area contributed by atoms with E-state index in [2.05, 4.69) is 17.5 Å². The van der Waals surface area contributed by atoms with Gasteiger partial charge in [-0.2, -0.15) is 0 Å². The van der Waals surface area contributed by atoms with Crippen molar-refractivity contribution in [2.24, 2.45) is 0 Å². The van der Waals surface area contributed by atoms with Crippen LogP contribution in [0.4, 0.5) is 0 Å². The van der Waals surface area contributed by atoms with E-state index < -0.39 is 5.97 Å². The zero-order valence-electron chi connectivity index (χ0n) is 9.83. The van der Waals surface area contributed by atoms with Crippen LogP contribution in [0.3, 0.4) is 0 Å². The molecule has 2 heterocycles. The Morgan fingerprint density at radius 2 is 2.05 bits per heavy atom. The molecular weight excluding hydrogens is 280 g/mol. The number of carbonyl (C=O) groups is 1. The smallest absolute Gasteiger partial charge is 0.349 e. The highest BCUT2D eigenvalue weighted by Gasteiger charge is 2.13. The van der Waals surface area contributed by atoms with Crippen molar-refractivity contribution in [3.63, 3.8) is 0 Å². The highest BCUT2D eigenvalue weighted by atomic mass is 32.1. The molecule has 0 radical (unpaired) electrons. The van der Waals surface area contributed by atoms with Crippen molar-refractivity contribution in [3.8, 4) is 5.75 Å². The first-order valence-electron chi connectivity index (χ1n) is 5.64. The number of carboxylic acids is 1. The monoisotopic (exact) mass is 290 g/mol. The van der Waals surface area contributed by atoms with Gasteiger partial charge in [0, 0.05) is 10.3 Å². The van der Waals surface area contributed by atoms with Gasteiger partial charge in [-0.1, -0.05) is 18.2 Å². The number of rotatable bonds is 4. The fourth-order valence-corrected chi connectivity index (χ4v) is 3.49. The van der Waals surface area contributed by atoms with Gasteiger partial charge in [0.15, 0.2) is 4.88 Å². The van der Waals surface area contributed by atoms with Crippen molar-refractivity contribution in [2.75, 3.05) is 0 Å². The molecule has 0 spiro atoms. The van der Waals surface area contributed by atoms with E-state index in [1.54, 1.807) is 22.8 Å². The number of hydrogen-bond acceptors (Lipinski definition) is 4. The summed E-state index contributed by atoms with van der Waals surface area (Å²) < 4.78 is 6.84. The molecular formula is C14H10O3S2. The van der Waals surface area contributed by atoms with Gasteiger partial charge < -0.3 is 9.84 Å². The molecule has 0 fully saturated rings. The molecule has 3 rings (SSSR count). The van der Waals surface area contributed by atoms with Crippen LogP contribution in [0.1, 0.15) is 15.2 Å². The highest BCUT2D eigenvalue weighted by molar-refractivity contribution is 7.17. The van der Waals surface area contributed by atoms with E-state index in [4.69, 9.17) is 9.84 Å². The molecule has 0 unspecified atom stereocenters. The number of carboxylic acid groups (broad SMARTS) is 1. The maximum absolute atomic E-state index is 11.0. The third-order valence-corrected chi connectivity index (χ3v) is 4.66. The van der Waals surface area contributed by atoms with E-state index in [1.807, 2.05) is 12.1 Å². The van der Waals surface area contributed by atoms with Crippen LogP contribution < -0.4 is 4.74 Å². The molecule has 96 valence electrons. The lowest BCUT2D eigenvalue weighted by atomic mass is 10.2. The molecule has 1 aromatic carbocycles. The summed E-state index contributed by atoms with van der Waals surface area (Å²) in [5.74, 6) is -0.507. The van der Waals surface area contributed by atoms with Crippen LogP contribution in [0.5, 0.6) is 5.75 Å². The predicted molar refractivity (Wildman–Crippen MR) is 77.4 cm³/mol. The molecule has 3 aromatic rings. The largest absolute Gasteiger partial charge is 0.487 e. The molecule has 2 aromatic heterocycles. The SMILES string of the molecule is O=C(O)c1sccc1OCc1csc2ccccc12. The summed E-state index contributed by atoms with van der Waals surface area (Å²) in [6, 6.07) is 9.81. The van der Waals surface area contributed by atoms with Crippen molar-refractivity contribution >= 4 is 38.7 Å². The first-order valence-corrected chi connectivity index (χ1v) is 7.40. The topological polar surface area (TPSA) is 46.5 Å². The molecule has 1 N–H and O–H groups in total. The molecule has 0 bridgehead atoms. The van der Waals surface area contributed by atoms with E-state index in [-0.39, 0.29) is 4.88 Å². The summed E-state index contributed by atoms with van der Waals surface area (Å²) in [6.45, 7) is 0.390. The fourth-order valence-electron chi connectivity index (χ4n) is 1.87. The molecule has 3 nitrogen and oxygen atoms in total. The number of hydrogen-bond donors (Lipinski definition) is 1. The summed E-state index contributed by atoms with van der Waals surface area (Å²) in [6.07, 6.45) is 0. The van der Waals surface area contributed by atoms with Crippen LogP contribution in [0, 0.1) is 0 Å². The first-order chi connectivity index (χ1) is 9.25. The molecule has 0 aliphatic rings. The maximum Gasteiger partial charge on any atom is 0.349 e. The minimum atomic E-state index is -0.944. The van der Waals surface area contributed by atoms with Gasteiger partial charge in [-0.3, -0.25) is 0 Å². The van der Waals surface area contributed by atoms with Crippen molar-refractivity contribution in [2.45, 2.75) is 6.61 Å². The number of benzene rings is 1. The number of thiophene rings is 2. The van der Waals surface area contributed by atoms with Gasteiger partial charge in [0.1, 0.15) is 12.4 Å². The summed E-state index contributed by atoms with van der Waals surface area (Å²) in [5.41, 5.74) is 1.09. The quantitative estimate of drug-likeness (QED) is 0.781. The Labute approximate surface area is 117 Å². The van der Waals surface area contributed by atoms with Crippen LogP contribution in [-0.4, -0.2) is 11.1 Å². The summed E-state index contributed by atoms with van der Waals surface area (Å²) in [7, 11) is 0. The highest BCUT2D eigenvalue weighted by Crippen LogP contribution is 2.29. The Bertz CT molecular complexity index is 727. The molecule has 0 atom stereocenters. The number of ether oxygens (including phenoxy) is 1. The Balaban J connectivity index is 1.83. The normalized spacial score (nSPS) is 10.7. The van der Waals surface area contributed by atoms with Crippen LogP contribution in [-0.2, 0) is 6.61 Å². The lowest BCUT2D eigenvalue weighted by Crippen LogP contribution is -1.99. The molecule has 0 saturated heterocycles. The first kappa shape index (κ1) is 12.2. The Morgan fingerprint density at radius 1 is 1.21 bits per heavy atom. The fraction of sp³-hybridized carbons (Fsp3) is 0.0714. The second kappa shape index (κ2) is 5.03. The standard InChI is InChI=1S/C14H10O3S2/c15-14(16)13-11(5-6-18-13)17-7-9-8-19-12-4-2-1-3-10(9)12/h1-6,8H,7H2,(H,15,16). The summed E-state index contributed by atoms with van der Waals surface area (Å²) >= 11 is 2.84. The van der Waals surface area contributed by atoms with E-state index in [1.165, 1.54) is 21.4 Å². The van der Waals surface area contributed by atoms with Gasteiger partial charge in [-0.25, -0.2) is 4.79 Å². The van der Waals surface area contributed by atoms with Gasteiger partial charge in [0.25, 0.3) is 0 Å². The van der Waals surface area contributed by atoms with E-state index in [0.717, 1.165) is 5.56 Å². The predicted octanol–water partition coefficient (Wildman–Crippen LogP) is 4.24. The molecule has 5 heteroatoms. The van der Waals surface area contributed by atoms with Gasteiger partial charge in [-0.05, 0) is 28.3 Å². The van der Waals surface area contributed by atoms with E-state index in [0.29, 0.717) is 12.4 Å². The second-order valence-corrected chi connectivity index (χ2v) is 5.79. The molecule has 0 aliphatic heterocycles. The van der Waals surface area contributed by atoms with Gasteiger partial charge in [0.2, 0.25) is 0 Å². The van der Waals surface area contributed by atoms with Crippen molar-refractivity contribution in [3.05, 3.63) is 51.5 Å². The lowest BCUT2D eigenvalue weighted by Gasteiger charge is -2.04. The zero-order chi connectivity index (χ0) is 13.2. The lowest BCUT2D eigenvalue weighted by molar-refractivity contribution is 0.0697. The third kappa shape index (κ3) is 2.34. The van der Waals surface area contributed by atoms with Crippen molar-refractivity contribution in [1.82, 2.24) is 0 Å². The van der Waals surface area contributed by atoms with Crippen LogP contribution in [0.2, 0.25) is 0 Å². The minimum absolute atomic E-state index is 0.250. The third-order valence-electron chi connectivity index (χ3n) is 2.77. The van der Waals surface area contributed by atoms with Crippen LogP contribution in [0.25, 0.3) is 10.1 Å². The number of aromatic carboxylic acids is 1. The van der Waals surface area contributed by atoms with Crippen LogP contribution >= 0.6 is 22.7 Å². The average Bonchev–Trinajstić information content (AvgIpc) is 3.03. The second-order valence-electron chi connectivity index (χ2n) is 3.96. The average molecular weight is 290 g/mol. The minimum Gasteiger partial charge on any atom is -0.487 e. The Kier molecular flexibility index (Phi) is 3.23. The summed E-state index contributed by atoms with van der Waals surface area (Å²) in [4.78, 5) is 11.2. The van der Waals surface area contributed by atoms with Crippen molar-refractivity contribution in [1.29, 1.82) is 0 Å². The molecule has 19 heavy (non-hydrogen) atoms. The molecule has 0 saturated carbocycles. The van der Waals surface area contributed by atoms with E-state index >= 15 is 0 Å². The molecule has 0 amide bonds. The number of fused-ring (bicyclic) bond motifs is 1. The Morgan fingerprint density at radius 3 is 2.89 bits per heavy atom. The van der Waals surface area contributed by atoms with E-state index in [9.17, 15) is 4.79 Å². The van der Waals surface area contributed by atoms with Gasteiger partial charge in [-0.15, -0.1) is 22.7 Å². The van der Waals surface area contributed by atoms with Gasteiger partial charge >= 0.3 is 5.97 Å². The maximum atomic E-state index is 11.0.